The molecule has 0 aromatic heterocycles. The van der Waals surface area contributed by atoms with Crippen LogP contribution >= 0.6 is 0 Å². The molecular weight excluding hydrogens is 372 g/mol. The Bertz CT molecular complexity index is 717. The van der Waals surface area contributed by atoms with Crippen LogP contribution in [0.25, 0.3) is 0 Å². The van der Waals surface area contributed by atoms with Gasteiger partial charge in [-0.05, 0) is 82.0 Å². The first-order chi connectivity index (χ1) is 14.0. The van der Waals surface area contributed by atoms with Crippen LogP contribution in [0.2, 0.25) is 0 Å². The maximum Gasteiger partial charge on any atom is 0.119 e. The van der Waals surface area contributed by atoms with Crippen molar-refractivity contribution in [3.05, 3.63) is 23.3 Å². The van der Waals surface area contributed by atoms with Gasteiger partial charge in [-0.25, -0.2) is 0 Å². The van der Waals surface area contributed by atoms with E-state index in [-0.39, 0.29) is 5.92 Å². The molecule has 0 aliphatic heterocycles. The summed E-state index contributed by atoms with van der Waals surface area (Å²) in [6, 6.07) is 0. The van der Waals surface area contributed by atoms with Gasteiger partial charge in [0.2, 0.25) is 0 Å². The minimum atomic E-state index is -0.909. The second-order valence-electron chi connectivity index (χ2n) is 11.1. The lowest BCUT2D eigenvalue weighted by Crippen LogP contribution is -2.36. The summed E-state index contributed by atoms with van der Waals surface area (Å²) in [6.45, 7) is 10.3. The van der Waals surface area contributed by atoms with Crippen molar-refractivity contribution >= 4 is 0 Å². The highest BCUT2D eigenvalue weighted by Crippen LogP contribution is 2.59. The lowest BCUT2D eigenvalue weighted by molar-refractivity contribution is 0.00406. The first-order valence-electron chi connectivity index (χ1n) is 12.0. The van der Waals surface area contributed by atoms with Crippen molar-refractivity contribution in [1.82, 2.24) is 0 Å². The highest BCUT2D eigenvalue weighted by Gasteiger charge is 2.50. The molecule has 0 saturated heterocycles. The molecule has 0 heterocycles. The van der Waals surface area contributed by atoms with E-state index in [0.29, 0.717) is 36.0 Å². The van der Waals surface area contributed by atoms with E-state index in [4.69, 9.17) is 0 Å². The summed E-state index contributed by atoms with van der Waals surface area (Å²) in [6.07, 6.45) is 12.1. The number of hydrogen-bond acceptors (Lipinski definition) is 3. The third-order valence-electron chi connectivity index (χ3n) is 8.23. The SMILES string of the molecule is CC1[C@@H](O)CC(=C/C=C2\CCC[C@@]3(C)[C@@H]2CC[C@@H]3[C@H](C)CC#CC(C)(C)O)C[C@@H]1O. The minimum absolute atomic E-state index is 0.0376. The van der Waals surface area contributed by atoms with E-state index in [1.807, 2.05) is 6.92 Å². The summed E-state index contributed by atoms with van der Waals surface area (Å²) < 4.78 is 0. The van der Waals surface area contributed by atoms with Crippen molar-refractivity contribution in [2.75, 3.05) is 0 Å². The molecule has 168 valence electrons. The van der Waals surface area contributed by atoms with Crippen molar-refractivity contribution < 1.29 is 15.3 Å². The van der Waals surface area contributed by atoms with E-state index in [1.165, 1.54) is 37.7 Å². The minimum Gasteiger partial charge on any atom is -0.392 e. The highest BCUT2D eigenvalue weighted by atomic mass is 16.3. The average Bonchev–Trinajstić information content (AvgIpc) is 3.00. The fourth-order valence-electron chi connectivity index (χ4n) is 6.39. The van der Waals surface area contributed by atoms with Crippen molar-refractivity contribution in [2.45, 2.75) is 104 Å². The number of rotatable bonds is 3. The van der Waals surface area contributed by atoms with Crippen molar-refractivity contribution in [3.63, 3.8) is 0 Å². The Morgan fingerprint density at radius 2 is 1.83 bits per heavy atom. The van der Waals surface area contributed by atoms with E-state index < -0.39 is 17.8 Å². The Balaban J connectivity index is 1.72. The number of aliphatic hydroxyl groups excluding tert-OH is 2. The molecule has 3 rings (SSSR count). The van der Waals surface area contributed by atoms with Gasteiger partial charge < -0.3 is 15.3 Å². The molecule has 3 N–H and O–H groups in total. The third-order valence-corrected chi connectivity index (χ3v) is 8.23. The molecule has 6 atom stereocenters. The molecule has 3 saturated carbocycles. The largest absolute Gasteiger partial charge is 0.392 e. The molecule has 3 fully saturated rings. The lowest BCUT2D eigenvalue weighted by Gasteiger charge is -2.44. The van der Waals surface area contributed by atoms with Crippen LogP contribution < -0.4 is 0 Å². The molecule has 3 aliphatic rings. The maximum atomic E-state index is 10.2. The molecule has 0 radical (unpaired) electrons. The van der Waals surface area contributed by atoms with Gasteiger partial charge in [-0.3, -0.25) is 0 Å². The second-order valence-corrected chi connectivity index (χ2v) is 11.1. The molecule has 0 aromatic carbocycles. The zero-order valence-electron chi connectivity index (χ0n) is 19.6. The number of hydrogen-bond donors (Lipinski definition) is 3. The van der Waals surface area contributed by atoms with E-state index in [0.717, 1.165) is 6.42 Å². The van der Waals surface area contributed by atoms with Gasteiger partial charge in [0.15, 0.2) is 0 Å². The van der Waals surface area contributed by atoms with Gasteiger partial charge in [-0.15, -0.1) is 5.92 Å². The Morgan fingerprint density at radius 3 is 2.47 bits per heavy atom. The van der Waals surface area contributed by atoms with Gasteiger partial charge in [0.05, 0.1) is 12.2 Å². The zero-order chi connectivity index (χ0) is 22.1. The topological polar surface area (TPSA) is 60.7 Å². The standard InChI is InChI=1S/C27H42O3/c1-18(8-6-14-26(3,4)30)22-12-13-23-21(9-7-15-27(22,23)5)11-10-20-16-24(28)19(2)25(29)17-20/h10-11,18-19,22-25,28-30H,7-9,12-13,15-17H2,1-5H3/b20-10?,21-11+/t18-,19?,22-,23-,24+,25+,27-/m1/s1. The van der Waals surface area contributed by atoms with Crippen LogP contribution in [0.15, 0.2) is 23.3 Å². The molecule has 3 heteroatoms. The first-order valence-corrected chi connectivity index (χ1v) is 12.0. The van der Waals surface area contributed by atoms with Crippen molar-refractivity contribution in [3.8, 4) is 11.8 Å². The summed E-state index contributed by atoms with van der Waals surface area (Å²) in [5.41, 5.74) is 2.17. The maximum absolute atomic E-state index is 10.2. The lowest BCUT2D eigenvalue weighted by atomic mass is 9.61. The second kappa shape index (κ2) is 9.19. The van der Waals surface area contributed by atoms with E-state index >= 15 is 0 Å². The molecule has 0 amide bonds. The predicted octanol–water partition coefficient (Wildman–Crippen LogP) is 5.01. The third kappa shape index (κ3) is 5.21. The van der Waals surface area contributed by atoms with E-state index in [1.54, 1.807) is 19.4 Å². The fraction of sp³-hybridized carbons (Fsp3) is 0.778. The molecule has 0 aromatic rings. The van der Waals surface area contributed by atoms with Crippen LogP contribution in [-0.4, -0.2) is 33.1 Å². The van der Waals surface area contributed by atoms with Crippen LogP contribution in [0.1, 0.15) is 86.0 Å². The molecule has 3 aliphatic carbocycles. The van der Waals surface area contributed by atoms with Crippen LogP contribution in [0.4, 0.5) is 0 Å². The Morgan fingerprint density at radius 1 is 1.17 bits per heavy atom. The molecule has 3 nitrogen and oxygen atoms in total. The van der Waals surface area contributed by atoms with Crippen LogP contribution in [-0.2, 0) is 0 Å². The summed E-state index contributed by atoms with van der Waals surface area (Å²) in [5, 5.41) is 30.3. The van der Waals surface area contributed by atoms with Gasteiger partial charge in [-0.1, -0.05) is 50.0 Å². The quantitative estimate of drug-likeness (QED) is 0.569. The molecule has 0 bridgehead atoms. The molecule has 0 spiro atoms. The van der Waals surface area contributed by atoms with Crippen LogP contribution in [0.3, 0.4) is 0 Å². The number of fused-ring (bicyclic) bond motifs is 1. The van der Waals surface area contributed by atoms with Gasteiger partial charge in [-0.2, -0.15) is 0 Å². The highest BCUT2D eigenvalue weighted by molar-refractivity contribution is 5.26. The first kappa shape index (κ1) is 23.6. The van der Waals surface area contributed by atoms with Crippen molar-refractivity contribution in [1.29, 1.82) is 0 Å². The summed E-state index contributed by atoms with van der Waals surface area (Å²) >= 11 is 0. The smallest absolute Gasteiger partial charge is 0.119 e. The fourth-order valence-corrected chi connectivity index (χ4v) is 6.39. The van der Waals surface area contributed by atoms with Gasteiger partial charge in [0, 0.05) is 12.3 Å². The van der Waals surface area contributed by atoms with Crippen molar-refractivity contribution in [2.24, 2.45) is 29.1 Å². The molecule has 0 unspecified atom stereocenters. The summed E-state index contributed by atoms with van der Waals surface area (Å²) in [4.78, 5) is 0. The zero-order valence-corrected chi connectivity index (χ0v) is 19.6. The van der Waals surface area contributed by atoms with E-state index in [9.17, 15) is 15.3 Å². The Labute approximate surface area is 183 Å². The van der Waals surface area contributed by atoms with Gasteiger partial charge >= 0.3 is 0 Å². The van der Waals surface area contributed by atoms with Gasteiger partial charge in [0.1, 0.15) is 5.60 Å². The van der Waals surface area contributed by atoms with Crippen LogP contribution in [0, 0.1) is 40.9 Å². The number of aliphatic hydroxyl groups is 3. The van der Waals surface area contributed by atoms with Gasteiger partial charge in [0.25, 0.3) is 0 Å². The average molecular weight is 415 g/mol. The van der Waals surface area contributed by atoms with Crippen LogP contribution in [0.5, 0.6) is 0 Å². The predicted molar refractivity (Wildman–Crippen MR) is 123 cm³/mol. The molecule has 30 heavy (non-hydrogen) atoms. The monoisotopic (exact) mass is 414 g/mol. The Hall–Kier alpha value is -1.08. The summed E-state index contributed by atoms with van der Waals surface area (Å²) in [7, 11) is 0. The van der Waals surface area contributed by atoms with E-state index in [2.05, 4.69) is 37.8 Å². The molecular formula is C27H42O3. The Kier molecular flexibility index (Phi) is 7.22. The normalized spacial score (nSPS) is 39.3. The number of allylic oxidation sites excluding steroid dienone is 3. The summed E-state index contributed by atoms with van der Waals surface area (Å²) in [5.74, 6) is 8.03.